The van der Waals surface area contributed by atoms with Crippen molar-refractivity contribution in [2.75, 3.05) is 31.1 Å². The topological polar surface area (TPSA) is 62.5 Å². The molecule has 1 fully saturated rings. The lowest BCUT2D eigenvalue weighted by Gasteiger charge is -2.33. The number of hydrogen-bond acceptors (Lipinski definition) is 5. The molecule has 1 aromatic carbocycles. The Balaban J connectivity index is 1.47. The first-order valence-electron chi connectivity index (χ1n) is 7.69. The molecule has 6 nitrogen and oxygen atoms in total. The first-order valence-corrected chi connectivity index (χ1v) is 7.69. The largest absolute Gasteiger partial charge is 0.408 e. The summed E-state index contributed by atoms with van der Waals surface area (Å²) in [5, 5.41) is 7.82. The van der Waals surface area contributed by atoms with E-state index in [4.69, 9.17) is 4.42 Å². The SMILES string of the molecule is Cc1nnc(N2CCN(C(=O)CCc3ccc(F)cc3)CC2)o1. The van der Waals surface area contributed by atoms with E-state index in [-0.39, 0.29) is 11.7 Å². The molecule has 0 saturated carbocycles. The van der Waals surface area contributed by atoms with Gasteiger partial charge >= 0.3 is 6.01 Å². The predicted molar refractivity (Wildman–Crippen MR) is 82.5 cm³/mol. The molecule has 122 valence electrons. The minimum atomic E-state index is -0.257. The number of benzene rings is 1. The second-order valence-electron chi connectivity index (χ2n) is 5.60. The Morgan fingerprint density at radius 3 is 2.48 bits per heavy atom. The molecule has 0 atom stereocenters. The average molecular weight is 318 g/mol. The van der Waals surface area contributed by atoms with E-state index in [2.05, 4.69) is 10.2 Å². The number of hydrogen-bond donors (Lipinski definition) is 0. The summed E-state index contributed by atoms with van der Waals surface area (Å²) in [5.41, 5.74) is 0.972. The van der Waals surface area contributed by atoms with Gasteiger partial charge in [0.05, 0.1) is 0 Å². The van der Waals surface area contributed by atoms with Crippen molar-refractivity contribution in [3.05, 3.63) is 41.5 Å². The quantitative estimate of drug-likeness (QED) is 0.860. The highest BCUT2D eigenvalue weighted by Crippen LogP contribution is 2.15. The van der Waals surface area contributed by atoms with Crippen molar-refractivity contribution in [1.82, 2.24) is 15.1 Å². The fourth-order valence-electron chi connectivity index (χ4n) is 2.62. The Kier molecular flexibility index (Phi) is 4.55. The van der Waals surface area contributed by atoms with Crippen LogP contribution >= 0.6 is 0 Å². The van der Waals surface area contributed by atoms with E-state index in [0.717, 1.165) is 5.56 Å². The monoisotopic (exact) mass is 318 g/mol. The van der Waals surface area contributed by atoms with E-state index in [1.807, 2.05) is 9.80 Å². The maximum absolute atomic E-state index is 12.9. The lowest BCUT2D eigenvalue weighted by atomic mass is 10.1. The molecule has 0 radical (unpaired) electrons. The smallest absolute Gasteiger partial charge is 0.318 e. The number of piperazine rings is 1. The fraction of sp³-hybridized carbons (Fsp3) is 0.438. The summed E-state index contributed by atoms with van der Waals surface area (Å²) in [6.07, 6.45) is 1.06. The predicted octanol–water partition coefficient (Wildman–Crippen LogP) is 1.80. The van der Waals surface area contributed by atoms with Gasteiger partial charge in [0.15, 0.2) is 0 Å². The van der Waals surface area contributed by atoms with Crippen LogP contribution in [0.5, 0.6) is 0 Å². The molecule has 0 spiro atoms. The van der Waals surface area contributed by atoms with E-state index >= 15 is 0 Å². The molecule has 2 aromatic rings. The molecule has 1 aliphatic rings. The average Bonchev–Trinajstić information content (AvgIpc) is 3.01. The Hall–Kier alpha value is -2.44. The number of carbonyl (C=O) groups is 1. The summed E-state index contributed by atoms with van der Waals surface area (Å²) >= 11 is 0. The van der Waals surface area contributed by atoms with E-state index in [1.54, 1.807) is 19.1 Å². The van der Waals surface area contributed by atoms with Crippen molar-refractivity contribution in [2.45, 2.75) is 19.8 Å². The molecule has 1 saturated heterocycles. The number of aromatic nitrogens is 2. The van der Waals surface area contributed by atoms with Gasteiger partial charge in [0.2, 0.25) is 11.8 Å². The first kappa shape index (κ1) is 15.5. The van der Waals surface area contributed by atoms with Crippen LogP contribution < -0.4 is 4.90 Å². The summed E-state index contributed by atoms with van der Waals surface area (Å²) < 4.78 is 18.3. The number of carbonyl (C=O) groups excluding carboxylic acids is 1. The van der Waals surface area contributed by atoms with Crippen molar-refractivity contribution in [3.63, 3.8) is 0 Å². The Morgan fingerprint density at radius 2 is 1.87 bits per heavy atom. The van der Waals surface area contributed by atoms with Crippen molar-refractivity contribution in [3.8, 4) is 0 Å². The van der Waals surface area contributed by atoms with Gasteiger partial charge in [-0.25, -0.2) is 4.39 Å². The summed E-state index contributed by atoms with van der Waals surface area (Å²) in [6, 6.07) is 6.80. The van der Waals surface area contributed by atoms with Gasteiger partial charge in [-0.1, -0.05) is 17.2 Å². The summed E-state index contributed by atoms with van der Waals surface area (Å²) in [7, 11) is 0. The highest BCUT2D eigenvalue weighted by Gasteiger charge is 2.23. The maximum atomic E-state index is 12.9. The van der Waals surface area contributed by atoms with Crippen LogP contribution in [0.25, 0.3) is 0 Å². The number of aryl methyl sites for hydroxylation is 2. The second kappa shape index (κ2) is 6.76. The number of amides is 1. The Bertz CT molecular complexity index is 663. The molecule has 0 aliphatic carbocycles. The van der Waals surface area contributed by atoms with Crippen LogP contribution in [0.2, 0.25) is 0 Å². The third kappa shape index (κ3) is 3.85. The van der Waals surface area contributed by atoms with Crippen LogP contribution in [0.3, 0.4) is 0 Å². The van der Waals surface area contributed by atoms with Crippen LogP contribution in [-0.2, 0) is 11.2 Å². The van der Waals surface area contributed by atoms with Crippen molar-refractivity contribution < 1.29 is 13.6 Å². The molecule has 0 bridgehead atoms. The highest BCUT2D eigenvalue weighted by molar-refractivity contribution is 5.76. The summed E-state index contributed by atoms with van der Waals surface area (Å²) in [5.74, 6) is 0.404. The van der Waals surface area contributed by atoms with Crippen LogP contribution in [0.4, 0.5) is 10.4 Å². The van der Waals surface area contributed by atoms with Crippen molar-refractivity contribution in [1.29, 1.82) is 0 Å². The number of nitrogens with zero attached hydrogens (tertiary/aromatic N) is 4. The molecule has 1 aliphatic heterocycles. The number of rotatable bonds is 4. The third-order valence-electron chi connectivity index (χ3n) is 3.96. The van der Waals surface area contributed by atoms with E-state index in [9.17, 15) is 9.18 Å². The summed E-state index contributed by atoms with van der Waals surface area (Å²) in [6.45, 7) is 4.41. The van der Waals surface area contributed by atoms with Gasteiger partial charge in [-0.3, -0.25) is 4.79 Å². The lowest BCUT2D eigenvalue weighted by Crippen LogP contribution is -2.49. The van der Waals surface area contributed by atoms with Gasteiger partial charge in [-0.05, 0) is 24.1 Å². The minimum absolute atomic E-state index is 0.121. The van der Waals surface area contributed by atoms with E-state index in [1.165, 1.54) is 12.1 Å². The maximum Gasteiger partial charge on any atom is 0.318 e. The highest BCUT2D eigenvalue weighted by atomic mass is 19.1. The van der Waals surface area contributed by atoms with Gasteiger partial charge in [0.25, 0.3) is 0 Å². The molecule has 1 amide bonds. The molecule has 2 heterocycles. The molecule has 7 heteroatoms. The van der Waals surface area contributed by atoms with Crippen LogP contribution in [0, 0.1) is 12.7 Å². The van der Waals surface area contributed by atoms with E-state index < -0.39 is 0 Å². The standard InChI is InChI=1S/C16H19FN4O2/c1-12-18-19-16(23-12)21-10-8-20(9-11-21)15(22)7-4-13-2-5-14(17)6-3-13/h2-3,5-6H,4,7-11H2,1H3. The van der Waals surface area contributed by atoms with Crippen molar-refractivity contribution in [2.24, 2.45) is 0 Å². The lowest BCUT2D eigenvalue weighted by molar-refractivity contribution is -0.131. The molecule has 0 unspecified atom stereocenters. The van der Waals surface area contributed by atoms with Crippen LogP contribution in [0.15, 0.2) is 28.7 Å². The van der Waals surface area contributed by atoms with Gasteiger partial charge in [0, 0.05) is 39.5 Å². The molecular weight excluding hydrogens is 299 g/mol. The Labute approximate surface area is 133 Å². The molecule has 1 aromatic heterocycles. The third-order valence-corrected chi connectivity index (χ3v) is 3.96. The van der Waals surface area contributed by atoms with Gasteiger partial charge in [0.1, 0.15) is 5.82 Å². The number of anilines is 1. The number of halogens is 1. The fourth-order valence-corrected chi connectivity index (χ4v) is 2.62. The molecule has 3 rings (SSSR count). The summed E-state index contributed by atoms with van der Waals surface area (Å²) in [4.78, 5) is 16.1. The zero-order valence-electron chi connectivity index (χ0n) is 13.0. The van der Waals surface area contributed by atoms with Crippen molar-refractivity contribution >= 4 is 11.9 Å². The van der Waals surface area contributed by atoms with Crippen LogP contribution in [0.1, 0.15) is 17.9 Å². The van der Waals surface area contributed by atoms with Gasteiger partial charge in [-0.2, -0.15) is 0 Å². The van der Waals surface area contributed by atoms with Gasteiger partial charge < -0.3 is 14.2 Å². The first-order chi connectivity index (χ1) is 11.1. The molecule has 23 heavy (non-hydrogen) atoms. The van der Waals surface area contributed by atoms with E-state index in [0.29, 0.717) is 50.9 Å². The second-order valence-corrected chi connectivity index (χ2v) is 5.60. The zero-order valence-corrected chi connectivity index (χ0v) is 13.0. The zero-order chi connectivity index (χ0) is 16.2. The minimum Gasteiger partial charge on any atom is -0.408 e. The molecule has 0 N–H and O–H groups in total. The molecular formula is C16H19FN4O2. The van der Waals surface area contributed by atoms with Crippen LogP contribution in [-0.4, -0.2) is 47.2 Å². The normalized spacial score (nSPS) is 15.0. The van der Waals surface area contributed by atoms with Gasteiger partial charge in [-0.15, -0.1) is 5.10 Å². The Morgan fingerprint density at radius 1 is 1.17 bits per heavy atom.